The average molecular weight is 341 g/mol. The van der Waals surface area contributed by atoms with E-state index in [0.29, 0.717) is 11.4 Å². The Bertz CT molecular complexity index is 575. The summed E-state index contributed by atoms with van der Waals surface area (Å²) in [6.45, 7) is 3.61. The largest absolute Gasteiger partial charge is 0.467 e. The van der Waals surface area contributed by atoms with Crippen molar-refractivity contribution in [3.05, 3.63) is 34.9 Å². The highest BCUT2D eigenvalue weighted by Crippen LogP contribution is 2.14. The maximum Gasteiger partial charge on any atom is 0.328 e. The van der Waals surface area contributed by atoms with Crippen LogP contribution in [0.15, 0.2) is 24.3 Å². The fourth-order valence-corrected chi connectivity index (χ4v) is 2.20. The molecular weight excluding hydrogens is 320 g/mol. The minimum Gasteiger partial charge on any atom is -0.467 e. The van der Waals surface area contributed by atoms with Crippen molar-refractivity contribution in [2.75, 3.05) is 13.7 Å². The Labute approximate surface area is 140 Å². The van der Waals surface area contributed by atoms with Crippen LogP contribution in [0.25, 0.3) is 0 Å². The van der Waals surface area contributed by atoms with E-state index >= 15 is 0 Å². The standard InChI is InChI=1S/C16H21ClN2O4/c1-10(2)8-13(16(22)23-3)19-14(20)9-18-15(21)11-6-4-5-7-12(11)17/h4-7,10,13H,8-9H2,1-3H3,(H,18,21)(H,19,20)/t13-/m1/s1. The molecule has 0 heterocycles. The number of nitrogens with one attached hydrogen (secondary N) is 2. The zero-order chi connectivity index (χ0) is 17.4. The number of rotatable bonds is 7. The van der Waals surface area contributed by atoms with E-state index in [2.05, 4.69) is 15.4 Å². The summed E-state index contributed by atoms with van der Waals surface area (Å²) in [5.41, 5.74) is 0.286. The Kier molecular flexibility index (Phi) is 7.54. The molecule has 1 atom stereocenters. The van der Waals surface area contributed by atoms with Gasteiger partial charge < -0.3 is 15.4 Å². The maximum absolute atomic E-state index is 12.0. The van der Waals surface area contributed by atoms with Gasteiger partial charge in [-0.2, -0.15) is 0 Å². The van der Waals surface area contributed by atoms with Gasteiger partial charge >= 0.3 is 5.97 Å². The first-order valence-electron chi connectivity index (χ1n) is 7.25. The van der Waals surface area contributed by atoms with Crippen molar-refractivity contribution in [2.45, 2.75) is 26.3 Å². The van der Waals surface area contributed by atoms with Gasteiger partial charge in [-0.25, -0.2) is 4.79 Å². The minimum atomic E-state index is -0.732. The number of carbonyl (C=O) groups excluding carboxylic acids is 3. The molecule has 0 saturated heterocycles. The second-order valence-corrected chi connectivity index (χ2v) is 5.84. The third-order valence-corrected chi connectivity index (χ3v) is 3.39. The van der Waals surface area contributed by atoms with Crippen LogP contribution in [0.2, 0.25) is 5.02 Å². The van der Waals surface area contributed by atoms with Crippen molar-refractivity contribution in [2.24, 2.45) is 5.92 Å². The number of carbonyl (C=O) groups is 3. The van der Waals surface area contributed by atoms with Crippen LogP contribution in [-0.2, 0) is 14.3 Å². The molecule has 1 rings (SSSR count). The highest BCUT2D eigenvalue weighted by atomic mass is 35.5. The van der Waals surface area contributed by atoms with E-state index in [4.69, 9.17) is 11.6 Å². The molecule has 1 aromatic rings. The second kappa shape index (κ2) is 9.15. The molecule has 0 bridgehead atoms. The number of amides is 2. The molecule has 1 aromatic carbocycles. The summed E-state index contributed by atoms with van der Waals surface area (Å²) >= 11 is 5.91. The number of benzene rings is 1. The summed E-state index contributed by atoms with van der Waals surface area (Å²) in [7, 11) is 1.26. The van der Waals surface area contributed by atoms with Crippen molar-refractivity contribution >= 4 is 29.4 Å². The third kappa shape index (κ3) is 6.28. The van der Waals surface area contributed by atoms with Crippen LogP contribution in [0.3, 0.4) is 0 Å². The molecule has 6 nitrogen and oxygen atoms in total. The van der Waals surface area contributed by atoms with Gasteiger partial charge in [-0.15, -0.1) is 0 Å². The molecule has 0 aliphatic carbocycles. The van der Waals surface area contributed by atoms with Gasteiger partial charge in [-0.05, 0) is 24.5 Å². The summed E-state index contributed by atoms with van der Waals surface area (Å²) < 4.78 is 4.67. The van der Waals surface area contributed by atoms with Gasteiger partial charge in [0.05, 0.1) is 24.2 Å². The molecule has 0 aliphatic rings. The van der Waals surface area contributed by atoms with E-state index in [9.17, 15) is 14.4 Å². The second-order valence-electron chi connectivity index (χ2n) is 5.44. The predicted molar refractivity (Wildman–Crippen MR) is 87.2 cm³/mol. The predicted octanol–water partition coefficient (Wildman–Crippen LogP) is 1.77. The summed E-state index contributed by atoms with van der Waals surface area (Å²) in [6, 6.07) is 5.80. The summed E-state index contributed by atoms with van der Waals surface area (Å²) in [6.07, 6.45) is 0.455. The molecule has 0 saturated carbocycles. The van der Waals surface area contributed by atoms with Gasteiger partial charge in [0, 0.05) is 0 Å². The van der Waals surface area contributed by atoms with E-state index in [0.717, 1.165) is 0 Å². The van der Waals surface area contributed by atoms with Crippen LogP contribution in [0, 0.1) is 5.92 Å². The monoisotopic (exact) mass is 340 g/mol. The first-order chi connectivity index (χ1) is 10.8. The van der Waals surface area contributed by atoms with Gasteiger partial charge in [0.25, 0.3) is 5.91 Å². The Balaban J connectivity index is 2.56. The molecular formula is C16H21ClN2O4. The molecule has 2 amide bonds. The van der Waals surface area contributed by atoms with Crippen molar-refractivity contribution in [1.29, 1.82) is 0 Å². The molecule has 0 radical (unpaired) electrons. The average Bonchev–Trinajstić information content (AvgIpc) is 2.51. The Morgan fingerprint density at radius 2 is 1.87 bits per heavy atom. The lowest BCUT2D eigenvalue weighted by molar-refractivity contribution is -0.145. The number of halogens is 1. The first-order valence-corrected chi connectivity index (χ1v) is 7.62. The van der Waals surface area contributed by atoms with Gasteiger partial charge in [0.15, 0.2) is 0 Å². The van der Waals surface area contributed by atoms with E-state index < -0.39 is 23.8 Å². The lowest BCUT2D eigenvalue weighted by Gasteiger charge is -2.18. The smallest absolute Gasteiger partial charge is 0.328 e. The Morgan fingerprint density at radius 1 is 1.22 bits per heavy atom. The van der Waals surface area contributed by atoms with Crippen LogP contribution in [0.4, 0.5) is 0 Å². The van der Waals surface area contributed by atoms with Crippen LogP contribution < -0.4 is 10.6 Å². The molecule has 126 valence electrons. The molecule has 7 heteroatoms. The van der Waals surface area contributed by atoms with Gasteiger partial charge in [-0.1, -0.05) is 37.6 Å². The number of hydrogen-bond donors (Lipinski definition) is 2. The lowest BCUT2D eigenvalue weighted by atomic mass is 10.0. The summed E-state index contributed by atoms with van der Waals surface area (Å²) in [5.74, 6) is -1.23. The van der Waals surface area contributed by atoms with Gasteiger partial charge in [-0.3, -0.25) is 9.59 Å². The normalized spacial score (nSPS) is 11.7. The highest BCUT2D eigenvalue weighted by molar-refractivity contribution is 6.33. The Morgan fingerprint density at radius 3 is 2.43 bits per heavy atom. The minimum absolute atomic E-state index is 0.206. The van der Waals surface area contributed by atoms with Crippen LogP contribution in [-0.4, -0.2) is 37.5 Å². The van der Waals surface area contributed by atoms with E-state index in [1.54, 1.807) is 24.3 Å². The zero-order valence-electron chi connectivity index (χ0n) is 13.4. The highest BCUT2D eigenvalue weighted by Gasteiger charge is 2.22. The van der Waals surface area contributed by atoms with Crippen molar-refractivity contribution in [3.63, 3.8) is 0 Å². The van der Waals surface area contributed by atoms with E-state index in [1.807, 2.05) is 13.8 Å². The molecule has 0 aromatic heterocycles. The fourth-order valence-electron chi connectivity index (χ4n) is 1.97. The number of methoxy groups -OCH3 is 1. The molecule has 0 fully saturated rings. The fraction of sp³-hybridized carbons (Fsp3) is 0.438. The zero-order valence-corrected chi connectivity index (χ0v) is 14.1. The number of esters is 1. The van der Waals surface area contributed by atoms with Crippen LogP contribution in [0.5, 0.6) is 0 Å². The summed E-state index contributed by atoms with van der Waals surface area (Å²) in [5, 5.41) is 5.33. The number of hydrogen-bond acceptors (Lipinski definition) is 4. The quantitative estimate of drug-likeness (QED) is 0.741. The van der Waals surface area contributed by atoms with Crippen LogP contribution >= 0.6 is 11.6 Å². The van der Waals surface area contributed by atoms with Crippen molar-refractivity contribution in [1.82, 2.24) is 10.6 Å². The molecule has 0 spiro atoms. The van der Waals surface area contributed by atoms with Crippen molar-refractivity contribution in [3.8, 4) is 0 Å². The third-order valence-electron chi connectivity index (χ3n) is 3.06. The Hall–Kier alpha value is -2.08. The first kappa shape index (κ1) is 19.0. The lowest BCUT2D eigenvalue weighted by Crippen LogP contribution is -2.46. The van der Waals surface area contributed by atoms with Crippen molar-refractivity contribution < 1.29 is 19.1 Å². The molecule has 0 aliphatic heterocycles. The van der Waals surface area contributed by atoms with E-state index in [1.165, 1.54) is 7.11 Å². The van der Waals surface area contributed by atoms with E-state index in [-0.39, 0.29) is 18.0 Å². The number of ether oxygens (including phenoxy) is 1. The molecule has 23 heavy (non-hydrogen) atoms. The van der Waals surface area contributed by atoms with Gasteiger partial charge in [0.2, 0.25) is 5.91 Å². The molecule has 0 unspecified atom stereocenters. The molecule has 2 N–H and O–H groups in total. The topological polar surface area (TPSA) is 84.5 Å². The SMILES string of the molecule is COC(=O)[C@@H](CC(C)C)NC(=O)CNC(=O)c1ccccc1Cl. The summed E-state index contributed by atoms with van der Waals surface area (Å²) in [4.78, 5) is 35.5. The van der Waals surface area contributed by atoms with Gasteiger partial charge in [0.1, 0.15) is 6.04 Å². The maximum atomic E-state index is 12.0. The van der Waals surface area contributed by atoms with Crippen LogP contribution in [0.1, 0.15) is 30.6 Å².